The SMILES string of the molecule is [CH2-]CCCCCCCCC(=O)O[C@@H](COC(=O)CCC[CH2-])COP(=O)(O)OC1[C@@H](O)[C@@H](O)C(O)[C@H](O)[C@H]1O. The van der Waals surface area contributed by atoms with Gasteiger partial charge in [-0.05, 0) is 6.42 Å². The van der Waals surface area contributed by atoms with Gasteiger partial charge in [-0.25, -0.2) is 4.57 Å². The van der Waals surface area contributed by atoms with Gasteiger partial charge in [0.2, 0.25) is 0 Å². The highest BCUT2D eigenvalue weighted by Gasteiger charge is 2.51. The van der Waals surface area contributed by atoms with Crippen LogP contribution in [-0.2, 0) is 32.7 Å². The summed E-state index contributed by atoms with van der Waals surface area (Å²) in [4.78, 5) is 34.2. The van der Waals surface area contributed by atoms with Crippen LogP contribution in [0.3, 0.4) is 0 Å². The third-order valence-corrected chi connectivity index (χ3v) is 6.98. The van der Waals surface area contributed by atoms with Gasteiger partial charge in [-0.2, -0.15) is 12.8 Å². The first-order chi connectivity index (χ1) is 17.9. The van der Waals surface area contributed by atoms with Crippen LogP contribution in [-0.4, -0.2) is 98.3 Å². The van der Waals surface area contributed by atoms with Gasteiger partial charge in [-0.3, -0.25) is 18.6 Å². The Morgan fingerprint density at radius 1 is 0.711 bits per heavy atom. The molecule has 0 aromatic rings. The fraction of sp³-hybridized carbons (Fsp3) is 0.833. The van der Waals surface area contributed by atoms with Crippen molar-refractivity contribution in [3.8, 4) is 0 Å². The third kappa shape index (κ3) is 12.8. The number of hydrogen-bond acceptors (Lipinski definition) is 12. The number of ether oxygens (including phenoxy) is 2. The highest BCUT2D eigenvalue weighted by atomic mass is 31.2. The molecule has 0 heterocycles. The van der Waals surface area contributed by atoms with E-state index in [1.807, 2.05) is 0 Å². The van der Waals surface area contributed by atoms with Crippen LogP contribution in [0.5, 0.6) is 0 Å². The molecule has 0 radical (unpaired) electrons. The molecule has 0 saturated heterocycles. The van der Waals surface area contributed by atoms with Crippen molar-refractivity contribution in [1.29, 1.82) is 0 Å². The molecule has 0 aromatic heterocycles. The number of esters is 2. The van der Waals surface area contributed by atoms with Crippen LogP contribution in [0.4, 0.5) is 0 Å². The van der Waals surface area contributed by atoms with E-state index >= 15 is 0 Å². The van der Waals surface area contributed by atoms with E-state index in [1.54, 1.807) is 0 Å². The molecule has 224 valence electrons. The number of phosphoric acid groups is 1. The van der Waals surface area contributed by atoms with Crippen molar-refractivity contribution in [3.63, 3.8) is 0 Å². The number of unbranched alkanes of at least 4 members (excludes halogenated alkanes) is 7. The number of rotatable bonds is 19. The maximum absolute atomic E-state index is 12.5. The standard InChI is InChI=1S/C24H43O13P/c1-3-5-7-8-9-10-11-13-18(26)36-16(14-34-17(25)12-6-4-2)15-35-38(32,33)37-24-22(30)20(28)19(27)21(29)23(24)31/h16,19-24,27-31H,1-15H2,(H,32,33)/q-2/t16-,19?,20-,21-,22-,23+,24?/m0/s1. The Kier molecular flexibility index (Phi) is 16.7. The van der Waals surface area contributed by atoms with Gasteiger partial charge in [0.1, 0.15) is 43.2 Å². The smallest absolute Gasteiger partial charge is 0.462 e. The molecular formula is C24H43O13P-2. The van der Waals surface area contributed by atoms with Crippen LogP contribution < -0.4 is 0 Å². The summed E-state index contributed by atoms with van der Waals surface area (Å²) in [6.45, 7) is 6.19. The number of hydrogen-bond donors (Lipinski definition) is 6. The van der Waals surface area contributed by atoms with Crippen LogP contribution in [0, 0.1) is 13.8 Å². The average Bonchev–Trinajstić information content (AvgIpc) is 2.88. The second-order valence-corrected chi connectivity index (χ2v) is 10.7. The van der Waals surface area contributed by atoms with Crippen molar-refractivity contribution in [3.05, 3.63) is 13.8 Å². The first kappa shape index (κ1) is 34.9. The predicted molar refractivity (Wildman–Crippen MR) is 133 cm³/mol. The Bertz CT molecular complexity index is 720. The van der Waals surface area contributed by atoms with E-state index in [9.17, 15) is 44.6 Å². The molecular weight excluding hydrogens is 527 g/mol. The number of carbonyl (C=O) groups excluding carboxylic acids is 2. The van der Waals surface area contributed by atoms with Crippen molar-refractivity contribution < 1.29 is 63.1 Å². The van der Waals surface area contributed by atoms with Crippen LogP contribution in [0.1, 0.15) is 70.6 Å². The normalized spacial score (nSPS) is 27.9. The molecule has 0 spiro atoms. The number of aliphatic hydroxyl groups is 5. The maximum atomic E-state index is 12.5. The fourth-order valence-corrected chi connectivity index (χ4v) is 4.70. The lowest BCUT2D eigenvalue weighted by molar-refractivity contribution is -0.220. The summed E-state index contributed by atoms with van der Waals surface area (Å²) in [5.74, 6) is -1.22. The van der Waals surface area contributed by atoms with Gasteiger partial charge in [-0.15, -0.1) is 0 Å². The second-order valence-electron chi connectivity index (χ2n) is 9.26. The van der Waals surface area contributed by atoms with Gasteiger partial charge >= 0.3 is 19.8 Å². The monoisotopic (exact) mass is 570 g/mol. The molecule has 0 aliphatic heterocycles. The van der Waals surface area contributed by atoms with Crippen LogP contribution >= 0.6 is 7.82 Å². The molecule has 0 amide bonds. The highest BCUT2D eigenvalue weighted by molar-refractivity contribution is 7.47. The summed E-state index contributed by atoms with van der Waals surface area (Å²) in [6, 6.07) is 0. The Morgan fingerprint density at radius 2 is 1.21 bits per heavy atom. The van der Waals surface area contributed by atoms with Crippen molar-refractivity contribution in [1.82, 2.24) is 0 Å². The third-order valence-electron chi connectivity index (χ3n) is 5.99. The van der Waals surface area contributed by atoms with Gasteiger partial charge in [0.15, 0.2) is 6.10 Å². The molecule has 1 saturated carbocycles. The molecule has 6 N–H and O–H groups in total. The molecule has 0 bridgehead atoms. The zero-order valence-electron chi connectivity index (χ0n) is 21.6. The lowest BCUT2D eigenvalue weighted by atomic mass is 9.85. The van der Waals surface area contributed by atoms with E-state index in [1.165, 1.54) is 0 Å². The molecule has 1 aliphatic carbocycles. The number of aliphatic hydroxyl groups excluding tert-OH is 5. The van der Waals surface area contributed by atoms with E-state index < -0.39 is 75.7 Å². The minimum atomic E-state index is -5.08. The molecule has 0 aromatic carbocycles. The fourth-order valence-electron chi connectivity index (χ4n) is 3.72. The van der Waals surface area contributed by atoms with Crippen molar-refractivity contribution >= 4 is 19.8 Å². The average molecular weight is 571 g/mol. The van der Waals surface area contributed by atoms with Crippen molar-refractivity contribution in [2.75, 3.05) is 13.2 Å². The maximum Gasteiger partial charge on any atom is 0.472 e. The summed E-state index contributed by atoms with van der Waals surface area (Å²) in [5.41, 5.74) is 0. The van der Waals surface area contributed by atoms with E-state index in [0.717, 1.165) is 38.5 Å². The van der Waals surface area contributed by atoms with E-state index in [2.05, 4.69) is 13.8 Å². The van der Waals surface area contributed by atoms with Crippen LogP contribution in [0.2, 0.25) is 0 Å². The zero-order valence-corrected chi connectivity index (χ0v) is 22.5. The summed E-state index contributed by atoms with van der Waals surface area (Å²) in [7, 11) is -5.08. The van der Waals surface area contributed by atoms with Crippen molar-refractivity contribution in [2.24, 2.45) is 0 Å². The summed E-state index contributed by atoms with van der Waals surface area (Å²) < 4.78 is 32.4. The molecule has 1 fully saturated rings. The zero-order chi connectivity index (χ0) is 28.7. The molecule has 38 heavy (non-hydrogen) atoms. The topological polar surface area (TPSA) is 210 Å². The van der Waals surface area contributed by atoms with E-state index in [0.29, 0.717) is 19.3 Å². The summed E-state index contributed by atoms with van der Waals surface area (Å²) in [5, 5.41) is 49.2. The molecule has 3 unspecified atom stereocenters. The van der Waals surface area contributed by atoms with Gasteiger partial charge < -0.3 is 53.7 Å². The number of carbonyl (C=O) groups is 2. The lowest BCUT2D eigenvalue weighted by Crippen LogP contribution is -2.64. The largest absolute Gasteiger partial charge is 0.472 e. The Hall–Kier alpha value is -1.15. The molecule has 13 nitrogen and oxygen atoms in total. The molecule has 8 atom stereocenters. The minimum Gasteiger partial charge on any atom is -0.462 e. The van der Waals surface area contributed by atoms with Crippen LogP contribution in [0.25, 0.3) is 0 Å². The van der Waals surface area contributed by atoms with Gasteiger partial charge in [0.25, 0.3) is 0 Å². The van der Waals surface area contributed by atoms with Crippen LogP contribution in [0.15, 0.2) is 0 Å². The van der Waals surface area contributed by atoms with Crippen molar-refractivity contribution in [2.45, 2.75) is 113 Å². The quantitative estimate of drug-likeness (QED) is 0.0548. The van der Waals surface area contributed by atoms with E-state index in [-0.39, 0.29) is 12.8 Å². The first-order valence-corrected chi connectivity index (χ1v) is 14.4. The molecule has 14 heteroatoms. The lowest BCUT2D eigenvalue weighted by Gasteiger charge is -2.41. The second kappa shape index (κ2) is 18.2. The summed E-state index contributed by atoms with van der Waals surface area (Å²) >= 11 is 0. The minimum absolute atomic E-state index is 0.0765. The van der Waals surface area contributed by atoms with E-state index in [4.69, 9.17) is 18.5 Å². The predicted octanol–water partition coefficient (Wildman–Crippen LogP) is 0.721. The molecule has 1 rings (SSSR count). The Morgan fingerprint density at radius 3 is 1.79 bits per heavy atom. The Balaban J connectivity index is 2.68. The number of phosphoric ester groups is 1. The summed E-state index contributed by atoms with van der Waals surface area (Å²) in [6.07, 6.45) is -5.69. The Labute approximate surface area is 223 Å². The highest BCUT2D eigenvalue weighted by Crippen LogP contribution is 2.47. The van der Waals surface area contributed by atoms with Gasteiger partial charge in [-0.1, -0.05) is 38.5 Å². The first-order valence-electron chi connectivity index (χ1n) is 12.9. The molecule has 1 aliphatic rings. The van der Waals surface area contributed by atoms with Gasteiger partial charge in [0, 0.05) is 12.8 Å². The van der Waals surface area contributed by atoms with Gasteiger partial charge in [0.05, 0.1) is 6.61 Å².